The molecule has 0 aromatic carbocycles. The molecule has 0 aromatic rings. The third kappa shape index (κ3) is 6.01. The van der Waals surface area contributed by atoms with E-state index >= 15 is 0 Å². The Kier molecular flexibility index (Phi) is 5.51. The topological polar surface area (TPSA) is 63.4 Å². The van der Waals surface area contributed by atoms with Crippen molar-refractivity contribution < 1.29 is 8.42 Å². The van der Waals surface area contributed by atoms with E-state index in [0.29, 0.717) is 6.42 Å². The van der Waals surface area contributed by atoms with Crippen LogP contribution in [0.4, 0.5) is 0 Å². The Bertz CT molecular complexity index is 224. The van der Waals surface area contributed by atoms with Crippen molar-refractivity contribution in [2.24, 2.45) is 5.73 Å². The maximum Gasteiger partial charge on any atom is 0.151 e. The lowest BCUT2D eigenvalue weighted by Crippen LogP contribution is -2.29. The molecule has 0 aliphatic carbocycles. The van der Waals surface area contributed by atoms with Gasteiger partial charge in [-0.1, -0.05) is 0 Å². The van der Waals surface area contributed by atoms with Gasteiger partial charge in [0.05, 0.1) is 5.25 Å². The van der Waals surface area contributed by atoms with E-state index in [2.05, 4.69) is 0 Å². The summed E-state index contributed by atoms with van der Waals surface area (Å²) >= 11 is 0. The Balaban J connectivity index is 3.88. The van der Waals surface area contributed by atoms with Gasteiger partial charge in [0, 0.05) is 12.8 Å². The van der Waals surface area contributed by atoms with Crippen LogP contribution in [0.25, 0.3) is 0 Å². The molecule has 1 unspecified atom stereocenters. The van der Waals surface area contributed by atoms with Crippen molar-refractivity contribution in [3.63, 3.8) is 0 Å². The molecule has 0 amide bonds. The summed E-state index contributed by atoms with van der Waals surface area (Å²) in [5, 5.41) is -0.368. The van der Waals surface area contributed by atoms with Gasteiger partial charge in [0.25, 0.3) is 0 Å². The van der Waals surface area contributed by atoms with Gasteiger partial charge in [0.2, 0.25) is 0 Å². The smallest absolute Gasteiger partial charge is 0.151 e. The van der Waals surface area contributed by atoms with Gasteiger partial charge >= 0.3 is 0 Å². The minimum Gasteiger partial charge on any atom is -0.329 e. The lowest BCUT2D eigenvalue weighted by atomic mass is 10.2. The Morgan fingerprint density at radius 2 is 1.92 bits per heavy atom. The molecule has 2 N–H and O–H groups in total. The second-order valence-electron chi connectivity index (χ2n) is 3.63. The molecule has 0 aliphatic rings. The molecule has 5 heteroatoms. The highest BCUT2D eigenvalue weighted by molar-refractivity contribution is 7.91. The predicted molar refractivity (Wildman–Crippen MR) is 55.5 cm³/mol. The zero-order chi connectivity index (χ0) is 10.5. The van der Waals surface area contributed by atoms with E-state index in [9.17, 15) is 8.42 Å². The van der Waals surface area contributed by atoms with Crippen LogP contribution in [-0.2, 0) is 9.84 Å². The normalized spacial score (nSPS) is 14.8. The molecule has 0 radical (unpaired) electrons. The number of hydrogen-bond acceptors (Lipinski definition) is 4. The lowest BCUT2D eigenvalue weighted by molar-refractivity contribution is 0.392. The Morgan fingerprint density at radius 1 is 1.38 bits per heavy atom. The summed E-state index contributed by atoms with van der Waals surface area (Å²) in [5.41, 5.74) is 5.38. The van der Waals surface area contributed by atoms with Crippen molar-refractivity contribution in [1.82, 2.24) is 4.90 Å². The molecule has 0 saturated heterocycles. The number of nitrogens with zero attached hydrogens (tertiary/aromatic N) is 1. The zero-order valence-electron chi connectivity index (χ0n) is 8.66. The van der Waals surface area contributed by atoms with Crippen molar-refractivity contribution in [2.75, 3.05) is 33.4 Å². The van der Waals surface area contributed by atoms with Crippen LogP contribution in [-0.4, -0.2) is 52.0 Å². The van der Waals surface area contributed by atoms with Crippen LogP contribution in [0.2, 0.25) is 0 Å². The van der Waals surface area contributed by atoms with Crippen molar-refractivity contribution in [2.45, 2.75) is 18.1 Å². The van der Waals surface area contributed by atoms with Gasteiger partial charge in [-0.3, -0.25) is 0 Å². The van der Waals surface area contributed by atoms with Gasteiger partial charge in [0.1, 0.15) is 0 Å². The predicted octanol–water partition coefficient (Wildman–Crippen LogP) is -0.300. The van der Waals surface area contributed by atoms with E-state index in [0.717, 1.165) is 13.0 Å². The maximum absolute atomic E-state index is 11.1. The molecule has 0 aromatic heterocycles. The van der Waals surface area contributed by atoms with Gasteiger partial charge in [-0.05, 0) is 33.5 Å². The van der Waals surface area contributed by atoms with Crippen LogP contribution in [0.5, 0.6) is 0 Å². The summed E-state index contributed by atoms with van der Waals surface area (Å²) in [6.07, 6.45) is 2.79. The number of nitrogens with two attached hydrogens (primary N) is 1. The van der Waals surface area contributed by atoms with Crippen molar-refractivity contribution in [1.29, 1.82) is 0 Å². The van der Waals surface area contributed by atoms with E-state index in [-0.39, 0.29) is 11.8 Å². The lowest BCUT2D eigenvalue weighted by Gasteiger charge is -2.14. The molecular formula is C8H20N2O2S. The second kappa shape index (κ2) is 5.57. The van der Waals surface area contributed by atoms with E-state index in [4.69, 9.17) is 5.73 Å². The van der Waals surface area contributed by atoms with Gasteiger partial charge in [-0.2, -0.15) is 0 Å². The molecule has 1 atom stereocenters. The van der Waals surface area contributed by atoms with Crippen molar-refractivity contribution in [3.05, 3.63) is 0 Å². The third-order valence-corrected chi connectivity index (χ3v) is 3.64. The monoisotopic (exact) mass is 208 g/mol. The Morgan fingerprint density at radius 3 is 2.23 bits per heavy atom. The quantitative estimate of drug-likeness (QED) is 0.651. The van der Waals surface area contributed by atoms with Gasteiger partial charge < -0.3 is 10.6 Å². The number of rotatable bonds is 6. The van der Waals surface area contributed by atoms with Crippen LogP contribution in [0.3, 0.4) is 0 Å². The molecule has 80 valence electrons. The van der Waals surface area contributed by atoms with Crippen molar-refractivity contribution >= 4 is 9.84 Å². The average molecular weight is 208 g/mol. The van der Waals surface area contributed by atoms with E-state index in [1.165, 1.54) is 6.26 Å². The zero-order valence-corrected chi connectivity index (χ0v) is 9.47. The Hall–Kier alpha value is -0.130. The highest BCUT2D eigenvalue weighted by Gasteiger charge is 2.17. The van der Waals surface area contributed by atoms with E-state index in [1.807, 2.05) is 19.0 Å². The minimum atomic E-state index is -2.96. The van der Waals surface area contributed by atoms with Gasteiger partial charge in [-0.25, -0.2) is 8.42 Å². The Labute approximate surface area is 81.0 Å². The fourth-order valence-electron chi connectivity index (χ4n) is 1.14. The second-order valence-corrected chi connectivity index (χ2v) is 5.96. The first-order valence-corrected chi connectivity index (χ1v) is 6.37. The molecule has 0 bridgehead atoms. The maximum atomic E-state index is 11.1. The first kappa shape index (κ1) is 12.9. The molecule has 0 saturated carbocycles. The summed E-state index contributed by atoms with van der Waals surface area (Å²) in [5.74, 6) is 0. The summed E-state index contributed by atoms with van der Waals surface area (Å²) < 4.78 is 22.3. The molecular weight excluding hydrogens is 188 g/mol. The molecule has 4 nitrogen and oxygen atoms in total. The first-order valence-electron chi connectivity index (χ1n) is 4.41. The van der Waals surface area contributed by atoms with E-state index < -0.39 is 9.84 Å². The molecule has 0 spiro atoms. The number of hydrogen-bond donors (Lipinski definition) is 1. The summed E-state index contributed by atoms with van der Waals surface area (Å²) in [7, 11) is 0.984. The van der Waals surface area contributed by atoms with E-state index in [1.54, 1.807) is 0 Å². The largest absolute Gasteiger partial charge is 0.329 e. The molecule has 13 heavy (non-hydrogen) atoms. The summed E-state index contributed by atoms with van der Waals surface area (Å²) in [6.45, 7) is 1.14. The van der Waals surface area contributed by atoms with Crippen LogP contribution in [0, 0.1) is 0 Å². The van der Waals surface area contributed by atoms with Crippen LogP contribution < -0.4 is 5.73 Å². The van der Waals surface area contributed by atoms with Crippen LogP contribution in [0.1, 0.15) is 12.8 Å². The molecule has 0 rings (SSSR count). The minimum absolute atomic E-state index is 0.228. The van der Waals surface area contributed by atoms with Crippen LogP contribution in [0.15, 0.2) is 0 Å². The third-order valence-electron chi connectivity index (χ3n) is 2.00. The highest BCUT2D eigenvalue weighted by Crippen LogP contribution is 2.06. The summed E-state index contributed by atoms with van der Waals surface area (Å²) in [6, 6.07) is 0. The van der Waals surface area contributed by atoms with Gasteiger partial charge in [0.15, 0.2) is 9.84 Å². The first-order chi connectivity index (χ1) is 5.88. The fraction of sp³-hybridized carbons (Fsp3) is 1.00. The fourth-order valence-corrected chi connectivity index (χ4v) is 2.09. The van der Waals surface area contributed by atoms with Crippen LogP contribution >= 0.6 is 0 Å². The summed E-state index contributed by atoms with van der Waals surface area (Å²) in [4.78, 5) is 2.04. The van der Waals surface area contributed by atoms with Gasteiger partial charge in [-0.15, -0.1) is 0 Å². The average Bonchev–Trinajstić information content (AvgIpc) is 1.95. The van der Waals surface area contributed by atoms with Crippen molar-refractivity contribution in [3.8, 4) is 0 Å². The standard InChI is InChI=1S/C8H20N2O2S/c1-10(2)6-4-5-8(7-9)13(3,11)12/h8H,4-7,9H2,1-3H3. The molecule has 0 heterocycles. The molecule has 0 aliphatic heterocycles. The highest BCUT2D eigenvalue weighted by atomic mass is 32.2. The SMILES string of the molecule is CN(C)CCCC(CN)S(C)(=O)=O. The number of sulfone groups is 1. The molecule has 0 fully saturated rings.